The summed E-state index contributed by atoms with van der Waals surface area (Å²) in [5.74, 6) is 0.178. The molecule has 2 rings (SSSR count). The van der Waals surface area contributed by atoms with E-state index in [2.05, 4.69) is 15.9 Å². The minimum Gasteiger partial charge on any atom is -0.393 e. The molecule has 0 saturated heterocycles. The molecule has 0 radical (unpaired) electrons. The van der Waals surface area contributed by atoms with Gasteiger partial charge in [0.1, 0.15) is 4.90 Å². The lowest BCUT2D eigenvalue weighted by Gasteiger charge is -2.34. The number of sulfonamides is 1. The molecule has 1 aliphatic rings. The summed E-state index contributed by atoms with van der Waals surface area (Å²) >= 11 is 15.2. The van der Waals surface area contributed by atoms with Crippen molar-refractivity contribution in [3.8, 4) is 0 Å². The fourth-order valence-electron chi connectivity index (χ4n) is 2.24. The summed E-state index contributed by atoms with van der Waals surface area (Å²) in [6.45, 7) is 0.349. The Balaban J connectivity index is 2.26. The molecule has 1 fully saturated rings. The first-order valence-electron chi connectivity index (χ1n) is 6.00. The maximum absolute atomic E-state index is 12.5. The molecule has 20 heavy (non-hydrogen) atoms. The number of rotatable bonds is 4. The van der Waals surface area contributed by atoms with Gasteiger partial charge in [0.25, 0.3) is 0 Å². The first kappa shape index (κ1) is 16.5. The van der Waals surface area contributed by atoms with Gasteiger partial charge in [-0.3, -0.25) is 0 Å². The minimum absolute atomic E-state index is 0.0774. The van der Waals surface area contributed by atoms with Gasteiger partial charge in [-0.25, -0.2) is 12.7 Å². The van der Waals surface area contributed by atoms with Crippen molar-refractivity contribution in [2.75, 3.05) is 13.6 Å². The van der Waals surface area contributed by atoms with Crippen molar-refractivity contribution >= 4 is 49.2 Å². The first-order chi connectivity index (χ1) is 9.21. The molecule has 8 heteroatoms. The Morgan fingerprint density at radius 3 is 2.30 bits per heavy atom. The van der Waals surface area contributed by atoms with Crippen LogP contribution in [0.4, 0.5) is 0 Å². The van der Waals surface area contributed by atoms with Crippen molar-refractivity contribution in [2.24, 2.45) is 5.92 Å². The van der Waals surface area contributed by atoms with Gasteiger partial charge in [0, 0.05) is 18.1 Å². The zero-order chi connectivity index (χ0) is 15.1. The van der Waals surface area contributed by atoms with Crippen molar-refractivity contribution in [3.63, 3.8) is 0 Å². The van der Waals surface area contributed by atoms with E-state index < -0.39 is 10.0 Å². The van der Waals surface area contributed by atoms with Crippen LogP contribution in [-0.4, -0.2) is 37.5 Å². The molecular formula is C12H14BrCl2NO3S. The highest BCUT2D eigenvalue weighted by Gasteiger charge is 2.33. The zero-order valence-corrected chi connectivity index (χ0v) is 14.6. The van der Waals surface area contributed by atoms with Gasteiger partial charge in [0.2, 0.25) is 10.0 Å². The fraction of sp³-hybridized carbons (Fsp3) is 0.500. The molecule has 0 bridgehead atoms. The maximum atomic E-state index is 12.5. The Hall–Kier alpha value is 0.150. The third kappa shape index (κ3) is 3.31. The topological polar surface area (TPSA) is 57.6 Å². The van der Waals surface area contributed by atoms with Crippen LogP contribution >= 0.6 is 39.1 Å². The van der Waals surface area contributed by atoms with Crippen molar-refractivity contribution in [1.29, 1.82) is 0 Å². The van der Waals surface area contributed by atoms with Gasteiger partial charge >= 0.3 is 0 Å². The summed E-state index contributed by atoms with van der Waals surface area (Å²) in [6.07, 6.45) is 0.944. The second-order valence-electron chi connectivity index (χ2n) is 4.98. The van der Waals surface area contributed by atoms with Gasteiger partial charge in [0.15, 0.2) is 0 Å². The molecule has 0 atom stereocenters. The number of hydrogen-bond acceptors (Lipinski definition) is 3. The summed E-state index contributed by atoms with van der Waals surface area (Å²) in [5, 5.41) is 9.43. The molecule has 112 valence electrons. The highest BCUT2D eigenvalue weighted by molar-refractivity contribution is 9.10. The zero-order valence-electron chi connectivity index (χ0n) is 10.7. The summed E-state index contributed by atoms with van der Waals surface area (Å²) < 4.78 is 26.9. The molecule has 1 saturated carbocycles. The average molecular weight is 403 g/mol. The first-order valence-corrected chi connectivity index (χ1v) is 8.99. The van der Waals surface area contributed by atoms with Crippen LogP contribution in [0.2, 0.25) is 10.0 Å². The maximum Gasteiger partial charge on any atom is 0.245 e. The summed E-state index contributed by atoms with van der Waals surface area (Å²) in [7, 11) is -2.24. The van der Waals surface area contributed by atoms with E-state index in [4.69, 9.17) is 23.2 Å². The van der Waals surface area contributed by atoms with Crippen LogP contribution in [0.5, 0.6) is 0 Å². The smallest absolute Gasteiger partial charge is 0.245 e. The average Bonchev–Trinajstić information content (AvgIpc) is 2.24. The predicted octanol–water partition coefficient (Wildman–Crippen LogP) is 3.15. The molecule has 1 aromatic rings. The van der Waals surface area contributed by atoms with E-state index in [1.165, 1.54) is 23.5 Å². The molecule has 0 spiro atoms. The third-order valence-electron chi connectivity index (χ3n) is 3.36. The molecule has 4 nitrogen and oxygen atoms in total. The van der Waals surface area contributed by atoms with Crippen LogP contribution in [0.25, 0.3) is 0 Å². The van der Waals surface area contributed by atoms with Crippen LogP contribution in [0, 0.1) is 5.92 Å². The Morgan fingerprint density at radius 1 is 1.35 bits per heavy atom. The lowest BCUT2D eigenvalue weighted by molar-refractivity contribution is 0.0367. The fourth-order valence-corrected chi connectivity index (χ4v) is 5.37. The standard InChI is InChI=1S/C12H14BrCl2NO3S/c1-16(6-7-2-9(17)3-7)20(18,19)12-10(14)4-8(13)5-11(12)15/h4-5,7,9,17H,2-3,6H2,1H3. The molecule has 1 aliphatic carbocycles. The number of aliphatic hydroxyl groups is 1. The van der Waals surface area contributed by atoms with Gasteiger partial charge in [-0.15, -0.1) is 0 Å². The van der Waals surface area contributed by atoms with E-state index in [1.54, 1.807) is 0 Å². The number of aliphatic hydroxyl groups excluding tert-OH is 1. The van der Waals surface area contributed by atoms with E-state index in [9.17, 15) is 13.5 Å². The number of halogens is 3. The molecule has 0 unspecified atom stereocenters. The monoisotopic (exact) mass is 401 g/mol. The second kappa shape index (κ2) is 6.10. The van der Waals surface area contributed by atoms with Gasteiger partial charge in [0.05, 0.1) is 16.1 Å². The van der Waals surface area contributed by atoms with Crippen molar-refractivity contribution < 1.29 is 13.5 Å². The molecule has 1 aromatic carbocycles. The van der Waals surface area contributed by atoms with E-state index >= 15 is 0 Å². The molecule has 1 N–H and O–H groups in total. The Morgan fingerprint density at radius 2 is 1.85 bits per heavy atom. The largest absolute Gasteiger partial charge is 0.393 e. The Kier molecular flexibility index (Phi) is 5.04. The highest BCUT2D eigenvalue weighted by Crippen LogP contribution is 2.35. The van der Waals surface area contributed by atoms with E-state index in [1.807, 2.05) is 0 Å². The van der Waals surface area contributed by atoms with Crippen molar-refractivity contribution in [2.45, 2.75) is 23.8 Å². The summed E-state index contributed by atoms with van der Waals surface area (Å²) in [6, 6.07) is 3.00. The van der Waals surface area contributed by atoms with Crippen LogP contribution in [-0.2, 0) is 10.0 Å². The van der Waals surface area contributed by atoms with Crippen LogP contribution in [0.3, 0.4) is 0 Å². The lowest BCUT2D eigenvalue weighted by atomic mass is 9.82. The number of benzene rings is 1. The predicted molar refractivity (Wildman–Crippen MR) is 82.7 cm³/mol. The molecule has 0 amide bonds. The van der Waals surface area contributed by atoms with Gasteiger partial charge in [-0.2, -0.15) is 0 Å². The SMILES string of the molecule is CN(CC1CC(O)C1)S(=O)(=O)c1c(Cl)cc(Br)cc1Cl. The molecule has 0 aromatic heterocycles. The molecular weight excluding hydrogens is 389 g/mol. The normalized spacial score (nSPS) is 22.9. The molecule has 0 aliphatic heterocycles. The lowest BCUT2D eigenvalue weighted by Crippen LogP contribution is -2.39. The van der Waals surface area contributed by atoms with Gasteiger partial charge < -0.3 is 5.11 Å². The van der Waals surface area contributed by atoms with Crippen LogP contribution in [0.1, 0.15) is 12.8 Å². The molecule has 0 heterocycles. The van der Waals surface area contributed by atoms with Crippen molar-refractivity contribution in [3.05, 3.63) is 26.7 Å². The van der Waals surface area contributed by atoms with Crippen molar-refractivity contribution in [1.82, 2.24) is 4.31 Å². The quantitative estimate of drug-likeness (QED) is 0.841. The number of hydrogen-bond donors (Lipinski definition) is 1. The number of nitrogens with zero attached hydrogens (tertiary/aromatic N) is 1. The third-order valence-corrected chi connectivity index (χ3v) is 6.56. The summed E-state index contributed by atoms with van der Waals surface area (Å²) in [4.78, 5) is -0.0774. The van der Waals surface area contributed by atoms with Crippen LogP contribution < -0.4 is 0 Å². The van der Waals surface area contributed by atoms with E-state index in [-0.39, 0.29) is 27.0 Å². The van der Waals surface area contributed by atoms with E-state index in [0.29, 0.717) is 23.9 Å². The Labute approximate surface area is 136 Å². The second-order valence-corrected chi connectivity index (χ2v) is 8.69. The summed E-state index contributed by atoms with van der Waals surface area (Å²) in [5.41, 5.74) is 0. The van der Waals surface area contributed by atoms with E-state index in [0.717, 1.165) is 0 Å². The highest BCUT2D eigenvalue weighted by atomic mass is 79.9. The van der Waals surface area contributed by atoms with Crippen LogP contribution in [0.15, 0.2) is 21.5 Å². The van der Waals surface area contributed by atoms with Gasteiger partial charge in [-0.05, 0) is 30.9 Å². The van der Waals surface area contributed by atoms with Gasteiger partial charge in [-0.1, -0.05) is 39.1 Å². The Bertz CT molecular complexity index is 594. The minimum atomic E-state index is -3.74.